The van der Waals surface area contributed by atoms with Gasteiger partial charge >= 0.3 is 5.97 Å². The van der Waals surface area contributed by atoms with Crippen molar-refractivity contribution in [3.63, 3.8) is 0 Å². The summed E-state index contributed by atoms with van der Waals surface area (Å²) in [6.45, 7) is 4.88. The van der Waals surface area contributed by atoms with Gasteiger partial charge in [-0.05, 0) is 32.9 Å². The van der Waals surface area contributed by atoms with E-state index in [1.165, 1.54) is 12.1 Å². The van der Waals surface area contributed by atoms with Gasteiger partial charge in [-0.1, -0.05) is 11.6 Å². The van der Waals surface area contributed by atoms with Crippen LogP contribution in [0.15, 0.2) is 18.2 Å². The number of benzene rings is 1. The van der Waals surface area contributed by atoms with Crippen LogP contribution in [0.3, 0.4) is 0 Å². The number of halogens is 1. The molecule has 6 nitrogen and oxygen atoms in total. The van der Waals surface area contributed by atoms with Crippen LogP contribution in [0.2, 0.25) is 5.02 Å². The van der Waals surface area contributed by atoms with E-state index >= 15 is 0 Å². The minimum Gasteiger partial charge on any atom is -0.482 e. The van der Waals surface area contributed by atoms with Crippen molar-refractivity contribution in [1.82, 2.24) is 0 Å². The first-order valence-electron chi connectivity index (χ1n) is 5.47. The summed E-state index contributed by atoms with van der Waals surface area (Å²) in [7, 11) is 0. The third-order valence-electron chi connectivity index (χ3n) is 1.89. The number of rotatable bonds is 4. The molecule has 0 saturated heterocycles. The SMILES string of the molecule is CC(C)(C)OC(=O)COc1ccc(Cl)c([N+](=O)[O-])c1. The van der Waals surface area contributed by atoms with Gasteiger partial charge in [-0.15, -0.1) is 0 Å². The molecular formula is C12H14ClNO5. The molecule has 1 aromatic carbocycles. The van der Waals surface area contributed by atoms with Crippen molar-refractivity contribution in [2.45, 2.75) is 26.4 Å². The van der Waals surface area contributed by atoms with Gasteiger partial charge in [0.15, 0.2) is 6.61 Å². The number of esters is 1. The second kappa shape index (κ2) is 5.88. The van der Waals surface area contributed by atoms with Gasteiger partial charge in [0.05, 0.1) is 11.0 Å². The van der Waals surface area contributed by atoms with Gasteiger partial charge in [0.2, 0.25) is 0 Å². The predicted molar refractivity (Wildman–Crippen MR) is 69.4 cm³/mol. The molecule has 0 aromatic heterocycles. The van der Waals surface area contributed by atoms with Crippen molar-refractivity contribution >= 4 is 23.3 Å². The molecule has 0 spiro atoms. The zero-order valence-electron chi connectivity index (χ0n) is 10.8. The lowest BCUT2D eigenvalue weighted by atomic mass is 10.2. The topological polar surface area (TPSA) is 78.7 Å². The number of hydrogen-bond donors (Lipinski definition) is 0. The zero-order chi connectivity index (χ0) is 14.6. The first-order chi connectivity index (χ1) is 8.69. The molecule has 1 aromatic rings. The molecule has 0 N–H and O–H groups in total. The lowest BCUT2D eigenvalue weighted by Crippen LogP contribution is -2.27. The second-order valence-electron chi connectivity index (χ2n) is 4.75. The predicted octanol–water partition coefficient (Wildman–Crippen LogP) is 2.97. The second-order valence-corrected chi connectivity index (χ2v) is 5.15. The highest BCUT2D eigenvalue weighted by molar-refractivity contribution is 6.32. The Morgan fingerprint density at radius 2 is 2.05 bits per heavy atom. The van der Waals surface area contributed by atoms with Crippen molar-refractivity contribution < 1.29 is 19.2 Å². The fourth-order valence-electron chi connectivity index (χ4n) is 1.24. The fraction of sp³-hybridized carbons (Fsp3) is 0.417. The first kappa shape index (κ1) is 15.2. The lowest BCUT2D eigenvalue weighted by molar-refractivity contribution is -0.384. The van der Waals surface area contributed by atoms with E-state index in [1.807, 2.05) is 0 Å². The van der Waals surface area contributed by atoms with Gasteiger partial charge < -0.3 is 9.47 Å². The Labute approximate surface area is 115 Å². The standard InChI is InChI=1S/C12H14ClNO5/c1-12(2,3)19-11(15)7-18-8-4-5-9(13)10(6-8)14(16)17/h4-6H,7H2,1-3H3. The monoisotopic (exact) mass is 287 g/mol. The third kappa shape index (κ3) is 5.13. The number of carbonyl (C=O) groups is 1. The third-order valence-corrected chi connectivity index (χ3v) is 2.21. The number of nitrogens with zero attached hydrogens (tertiary/aromatic N) is 1. The largest absolute Gasteiger partial charge is 0.482 e. The Morgan fingerprint density at radius 3 is 2.58 bits per heavy atom. The summed E-state index contributed by atoms with van der Waals surface area (Å²) in [6.07, 6.45) is 0. The molecule has 0 atom stereocenters. The van der Waals surface area contributed by atoms with E-state index in [4.69, 9.17) is 21.1 Å². The smallest absolute Gasteiger partial charge is 0.344 e. The van der Waals surface area contributed by atoms with E-state index in [2.05, 4.69) is 0 Å². The fourth-order valence-corrected chi connectivity index (χ4v) is 1.42. The highest BCUT2D eigenvalue weighted by atomic mass is 35.5. The number of nitro benzene ring substituents is 1. The van der Waals surface area contributed by atoms with Gasteiger partial charge in [-0.25, -0.2) is 4.79 Å². The maximum absolute atomic E-state index is 11.4. The summed E-state index contributed by atoms with van der Waals surface area (Å²) in [6, 6.07) is 3.94. The minimum atomic E-state index is -0.622. The number of nitro groups is 1. The van der Waals surface area contributed by atoms with Crippen molar-refractivity contribution in [1.29, 1.82) is 0 Å². The molecule has 0 bridgehead atoms. The number of ether oxygens (including phenoxy) is 2. The molecular weight excluding hydrogens is 274 g/mol. The molecule has 0 aliphatic heterocycles. The Kier molecular flexibility index (Phi) is 4.72. The maximum atomic E-state index is 11.4. The van der Waals surface area contributed by atoms with Crippen LogP contribution in [0.5, 0.6) is 5.75 Å². The number of hydrogen-bond acceptors (Lipinski definition) is 5. The van der Waals surface area contributed by atoms with Crippen LogP contribution >= 0.6 is 11.6 Å². The molecule has 0 fully saturated rings. The lowest BCUT2D eigenvalue weighted by Gasteiger charge is -2.19. The summed E-state index contributed by atoms with van der Waals surface area (Å²) in [5, 5.41) is 10.7. The van der Waals surface area contributed by atoms with Crippen molar-refractivity contribution in [2.75, 3.05) is 6.61 Å². The van der Waals surface area contributed by atoms with Gasteiger partial charge in [-0.2, -0.15) is 0 Å². The van der Waals surface area contributed by atoms with Crippen LogP contribution in [0, 0.1) is 10.1 Å². The molecule has 0 amide bonds. The van der Waals surface area contributed by atoms with Crippen molar-refractivity contribution in [3.8, 4) is 5.75 Å². The van der Waals surface area contributed by atoms with E-state index < -0.39 is 16.5 Å². The molecule has 0 aliphatic rings. The zero-order valence-corrected chi connectivity index (χ0v) is 11.6. The Morgan fingerprint density at radius 1 is 1.42 bits per heavy atom. The molecule has 19 heavy (non-hydrogen) atoms. The molecule has 1 rings (SSSR count). The molecule has 7 heteroatoms. The van der Waals surface area contributed by atoms with Gasteiger partial charge in [-0.3, -0.25) is 10.1 Å². The molecule has 0 radical (unpaired) electrons. The Hall–Kier alpha value is -1.82. The van der Waals surface area contributed by atoms with E-state index in [9.17, 15) is 14.9 Å². The first-order valence-corrected chi connectivity index (χ1v) is 5.85. The maximum Gasteiger partial charge on any atom is 0.344 e. The highest BCUT2D eigenvalue weighted by Crippen LogP contribution is 2.28. The van der Waals surface area contributed by atoms with Crippen LogP contribution in [0.4, 0.5) is 5.69 Å². The summed E-state index contributed by atoms with van der Waals surface area (Å²) in [5.74, 6) is -0.368. The van der Waals surface area contributed by atoms with Crippen molar-refractivity contribution in [2.24, 2.45) is 0 Å². The Bertz CT molecular complexity index is 495. The molecule has 0 heterocycles. The van der Waals surface area contributed by atoms with Gasteiger partial charge in [0, 0.05) is 0 Å². The van der Waals surface area contributed by atoms with Gasteiger partial charge in [0.1, 0.15) is 16.4 Å². The quantitative estimate of drug-likeness (QED) is 0.483. The van der Waals surface area contributed by atoms with Crippen LogP contribution in [0.25, 0.3) is 0 Å². The molecule has 0 aliphatic carbocycles. The van der Waals surface area contributed by atoms with E-state index in [0.717, 1.165) is 6.07 Å². The average molecular weight is 288 g/mol. The Balaban J connectivity index is 2.66. The van der Waals surface area contributed by atoms with Gasteiger partial charge in [0.25, 0.3) is 5.69 Å². The van der Waals surface area contributed by atoms with Crippen LogP contribution < -0.4 is 4.74 Å². The normalized spacial score (nSPS) is 10.9. The number of carbonyl (C=O) groups excluding carboxylic acids is 1. The minimum absolute atomic E-state index is 0.00891. The van der Waals surface area contributed by atoms with Crippen LogP contribution in [0.1, 0.15) is 20.8 Å². The summed E-state index contributed by atoms with van der Waals surface area (Å²) in [4.78, 5) is 21.5. The van der Waals surface area contributed by atoms with Crippen molar-refractivity contribution in [3.05, 3.63) is 33.3 Å². The summed E-state index contributed by atoms with van der Waals surface area (Å²) >= 11 is 5.65. The van der Waals surface area contributed by atoms with E-state index in [0.29, 0.717) is 0 Å². The average Bonchev–Trinajstić information content (AvgIpc) is 2.25. The summed E-state index contributed by atoms with van der Waals surface area (Å²) in [5.41, 5.74) is -0.879. The van der Waals surface area contributed by atoms with Crippen LogP contribution in [-0.2, 0) is 9.53 Å². The molecule has 104 valence electrons. The van der Waals surface area contributed by atoms with E-state index in [-0.39, 0.29) is 23.1 Å². The molecule has 0 saturated carbocycles. The summed E-state index contributed by atoms with van der Waals surface area (Å²) < 4.78 is 10.2. The molecule has 0 unspecified atom stereocenters. The highest BCUT2D eigenvalue weighted by Gasteiger charge is 2.18. The van der Waals surface area contributed by atoms with Crippen LogP contribution in [-0.4, -0.2) is 23.1 Å². The van der Waals surface area contributed by atoms with E-state index in [1.54, 1.807) is 20.8 Å².